The zero-order valence-corrected chi connectivity index (χ0v) is 14.9. The van der Waals surface area contributed by atoms with E-state index in [1.165, 1.54) is 12.3 Å². The zero-order chi connectivity index (χ0) is 18.6. The van der Waals surface area contributed by atoms with Gasteiger partial charge in [0.2, 0.25) is 0 Å². The van der Waals surface area contributed by atoms with Crippen LogP contribution in [0.5, 0.6) is 0 Å². The van der Waals surface area contributed by atoms with E-state index >= 15 is 0 Å². The highest BCUT2D eigenvalue weighted by Gasteiger charge is 2.57. The van der Waals surface area contributed by atoms with Gasteiger partial charge in [0.1, 0.15) is 5.69 Å². The Labute approximate surface area is 155 Å². The van der Waals surface area contributed by atoms with Gasteiger partial charge in [0.05, 0.1) is 23.3 Å². The van der Waals surface area contributed by atoms with Crippen LogP contribution in [0, 0.1) is 18.7 Å². The fourth-order valence-electron chi connectivity index (χ4n) is 4.13. The van der Waals surface area contributed by atoms with Crippen LogP contribution in [0.15, 0.2) is 30.9 Å². The van der Waals surface area contributed by atoms with Gasteiger partial charge in [-0.1, -0.05) is 0 Å². The molecule has 8 heteroatoms. The van der Waals surface area contributed by atoms with Gasteiger partial charge in [0, 0.05) is 30.1 Å². The minimum Gasteiger partial charge on any atom is -0.319 e. The number of fused-ring (bicyclic) bond motifs is 2. The topological polar surface area (TPSA) is 84.2 Å². The Morgan fingerprint density at radius 3 is 3.04 bits per heavy atom. The van der Waals surface area contributed by atoms with Gasteiger partial charge in [0.15, 0.2) is 11.5 Å². The van der Waals surface area contributed by atoms with Crippen molar-refractivity contribution in [2.24, 2.45) is 5.92 Å². The first-order valence-corrected chi connectivity index (χ1v) is 9.05. The van der Waals surface area contributed by atoms with Crippen molar-refractivity contribution in [1.29, 1.82) is 0 Å². The summed E-state index contributed by atoms with van der Waals surface area (Å²) >= 11 is 0. The zero-order valence-electron chi connectivity index (χ0n) is 14.9. The van der Waals surface area contributed by atoms with Gasteiger partial charge in [-0.15, -0.1) is 0 Å². The number of carbonyl (C=O) groups is 1. The Bertz CT molecular complexity index is 1050. The molecule has 1 amide bonds. The maximum atomic E-state index is 14.2. The summed E-state index contributed by atoms with van der Waals surface area (Å²) in [7, 11) is 0. The first-order valence-electron chi connectivity index (χ1n) is 9.05. The van der Waals surface area contributed by atoms with Crippen LogP contribution in [0.25, 0.3) is 5.65 Å². The average Bonchev–Trinajstić information content (AvgIpc) is 3.30. The highest BCUT2D eigenvalue weighted by Crippen LogP contribution is 2.56. The largest absolute Gasteiger partial charge is 0.319 e. The molecule has 4 heterocycles. The molecule has 0 aromatic carbocycles. The van der Waals surface area contributed by atoms with Gasteiger partial charge in [0.25, 0.3) is 5.91 Å². The quantitative estimate of drug-likeness (QED) is 0.741. The Morgan fingerprint density at radius 1 is 1.37 bits per heavy atom. The van der Waals surface area contributed by atoms with E-state index in [0.29, 0.717) is 17.3 Å². The minimum absolute atomic E-state index is 0.140. The summed E-state index contributed by atoms with van der Waals surface area (Å²) in [5.41, 5.74) is 2.59. The number of anilines is 1. The van der Waals surface area contributed by atoms with E-state index < -0.39 is 11.7 Å². The molecule has 2 N–H and O–H groups in total. The number of piperidine rings is 1. The number of carbonyl (C=O) groups excluding carboxylic acids is 1. The van der Waals surface area contributed by atoms with E-state index in [2.05, 4.69) is 25.6 Å². The summed E-state index contributed by atoms with van der Waals surface area (Å²) in [6.45, 7) is 3.79. The lowest BCUT2D eigenvalue weighted by Gasteiger charge is -2.21. The molecule has 0 radical (unpaired) electrons. The van der Waals surface area contributed by atoms with Crippen LogP contribution in [0.2, 0.25) is 0 Å². The van der Waals surface area contributed by atoms with Gasteiger partial charge in [-0.25, -0.2) is 14.4 Å². The van der Waals surface area contributed by atoms with Crippen LogP contribution in [0.4, 0.5) is 10.1 Å². The van der Waals surface area contributed by atoms with E-state index in [1.54, 1.807) is 29.9 Å². The second-order valence-electron chi connectivity index (χ2n) is 7.44. The molecule has 3 aromatic rings. The molecule has 138 valence electrons. The minimum atomic E-state index is -0.493. The number of halogens is 1. The second-order valence-corrected chi connectivity index (χ2v) is 7.44. The van der Waals surface area contributed by atoms with Gasteiger partial charge in [-0.3, -0.25) is 9.78 Å². The van der Waals surface area contributed by atoms with Crippen molar-refractivity contribution in [1.82, 2.24) is 24.7 Å². The standard InChI is InChI=1S/C19H19FN6O/c1-11-9-26-10-13(4-14(20)17(26)24-11)25-18(27)15-7-23-16(8-22-15)19-2-3-21-6-12(19)5-19/h4,7-10,12,21H,2-3,5-6H2,1H3,(H,25,27)/t12-,19?/m1/s1. The molecule has 1 aliphatic heterocycles. The first-order chi connectivity index (χ1) is 13.0. The number of rotatable bonds is 3. The lowest BCUT2D eigenvalue weighted by Crippen LogP contribution is -2.32. The van der Waals surface area contributed by atoms with Crippen LogP contribution in [-0.2, 0) is 5.41 Å². The number of aromatic nitrogens is 4. The van der Waals surface area contributed by atoms with Gasteiger partial charge in [-0.05, 0) is 38.8 Å². The van der Waals surface area contributed by atoms with Gasteiger partial charge < -0.3 is 15.0 Å². The predicted octanol–water partition coefficient (Wildman–Crippen LogP) is 2.08. The van der Waals surface area contributed by atoms with Crippen molar-refractivity contribution in [2.75, 3.05) is 18.4 Å². The Hall–Kier alpha value is -2.87. The fraction of sp³-hybridized carbons (Fsp3) is 0.368. The van der Waals surface area contributed by atoms with Crippen LogP contribution in [0.1, 0.15) is 34.7 Å². The molecule has 5 rings (SSSR count). The lowest BCUT2D eigenvalue weighted by molar-refractivity contribution is 0.102. The molecule has 2 atom stereocenters. The first kappa shape index (κ1) is 16.3. The predicted molar refractivity (Wildman–Crippen MR) is 97.1 cm³/mol. The lowest BCUT2D eigenvalue weighted by atomic mass is 9.93. The highest BCUT2D eigenvalue weighted by molar-refractivity contribution is 6.02. The monoisotopic (exact) mass is 366 g/mol. The number of nitrogens with one attached hydrogen (secondary N) is 2. The molecule has 2 aliphatic rings. The number of aryl methyl sites for hydroxylation is 1. The van der Waals surface area contributed by atoms with Crippen molar-refractivity contribution in [3.05, 3.63) is 53.8 Å². The molecule has 1 unspecified atom stereocenters. The molecule has 27 heavy (non-hydrogen) atoms. The third-order valence-electron chi connectivity index (χ3n) is 5.65. The third kappa shape index (κ3) is 2.68. The maximum Gasteiger partial charge on any atom is 0.275 e. The van der Waals surface area contributed by atoms with Gasteiger partial charge >= 0.3 is 0 Å². The molecule has 3 aromatic heterocycles. The summed E-state index contributed by atoms with van der Waals surface area (Å²) in [6, 6.07) is 1.25. The van der Waals surface area contributed by atoms with E-state index in [0.717, 1.165) is 31.6 Å². The Balaban J connectivity index is 1.35. The molecule has 1 aliphatic carbocycles. The highest BCUT2D eigenvalue weighted by atomic mass is 19.1. The van der Waals surface area contributed by atoms with Crippen LogP contribution < -0.4 is 10.6 Å². The molecule has 7 nitrogen and oxygen atoms in total. The average molecular weight is 366 g/mol. The molecule has 2 fully saturated rings. The van der Waals surface area contributed by atoms with Crippen LogP contribution in [-0.4, -0.2) is 38.3 Å². The van der Waals surface area contributed by atoms with E-state index in [1.807, 2.05) is 0 Å². The van der Waals surface area contributed by atoms with Crippen LogP contribution >= 0.6 is 0 Å². The third-order valence-corrected chi connectivity index (χ3v) is 5.65. The smallest absolute Gasteiger partial charge is 0.275 e. The molecule has 1 saturated heterocycles. The van der Waals surface area contributed by atoms with Crippen molar-refractivity contribution < 1.29 is 9.18 Å². The molecule has 0 spiro atoms. The molecule has 1 saturated carbocycles. The van der Waals surface area contributed by atoms with E-state index in [-0.39, 0.29) is 16.8 Å². The Morgan fingerprint density at radius 2 is 2.26 bits per heavy atom. The Kier molecular flexibility index (Phi) is 3.51. The van der Waals surface area contributed by atoms with Crippen molar-refractivity contribution in [3.8, 4) is 0 Å². The maximum absolute atomic E-state index is 14.2. The summed E-state index contributed by atoms with van der Waals surface area (Å²) in [5.74, 6) is -0.291. The van der Waals surface area contributed by atoms with Crippen molar-refractivity contribution in [3.63, 3.8) is 0 Å². The molecular formula is C19H19FN6O. The number of pyridine rings is 1. The number of nitrogens with zero attached hydrogens (tertiary/aromatic N) is 4. The number of hydrogen-bond acceptors (Lipinski definition) is 5. The number of hydrogen-bond donors (Lipinski definition) is 2. The fourth-order valence-corrected chi connectivity index (χ4v) is 4.13. The normalized spacial score (nSPS) is 23.9. The SMILES string of the molecule is Cc1cn2cc(NC(=O)c3cnc(C45CCNC[C@H]4C5)cn3)cc(F)c2n1. The van der Waals surface area contributed by atoms with Crippen molar-refractivity contribution in [2.45, 2.75) is 25.2 Å². The number of imidazole rings is 1. The second kappa shape index (κ2) is 5.82. The van der Waals surface area contributed by atoms with E-state index in [9.17, 15) is 9.18 Å². The molecular weight excluding hydrogens is 347 g/mol. The van der Waals surface area contributed by atoms with Gasteiger partial charge in [-0.2, -0.15) is 0 Å². The summed E-state index contributed by atoms with van der Waals surface area (Å²) < 4.78 is 15.7. The summed E-state index contributed by atoms with van der Waals surface area (Å²) in [4.78, 5) is 25.4. The summed E-state index contributed by atoms with van der Waals surface area (Å²) in [5, 5.41) is 6.08. The number of amides is 1. The summed E-state index contributed by atoms with van der Waals surface area (Å²) in [6.07, 6.45) is 8.73. The van der Waals surface area contributed by atoms with Crippen LogP contribution in [0.3, 0.4) is 0 Å². The van der Waals surface area contributed by atoms with Crippen molar-refractivity contribution >= 4 is 17.2 Å². The van der Waals surface area contributed by atoms with E-state index in [4.69, 9.17) is 0 Å². The molecule has 0 bridgehead atoms.